The van der Waals surface area contributed by atoms with E-state index in [0.29, 0.717) is 30.6 Å². The highest BCUT2D eigenvalue weighted by molar-refractivity contribution is 7.98. The van der Waals surface area contributed by atoms with E-state index in [0.717, 1.165) is 35.1 Å². The smallest absolute Gasteiger partial charge is 0.264 e. The second kappa shape index (κ2) is 13.9. The highest BCUT2D eigenvalue weighted by Gasteiger charge is 2.29. The molecule has 2 aromatic carbocycles. The van der Waals surface area contributed by atoms with Crippen molar-refractivity contribution in [2.24, 2.45) is 0 Å². The summed E-state index contributed by atoms with van der Waals surface area (Å²) in [6.07, 6.45) is 7.68. The summed E-state index contributed by atoms with van der Waals surface area (Å²) in [7, 11) is -4.00. The molecule has 0 bridgehead atoms. The van der Waals surface area contributed by atoms with Crippen LogP contribution in [0.2, 0.25) is 0 Å². The van der Waals surface area contributed by atoms with Gasteiger partial charge in [-0.1, -0.05) is 25.5 Å². The Labute approximate surface area is 220 Å². The lowest BCUT2D eigenvalue weighted by atomic mass is 10.00. The van der Waals surface area contributed by atoms with E-state index in [4.69, 9.17) is 4.74 Å². The molecule has 1 saturated heterocycles. The molecule has 0 saturated carbocycles. The highest BCUT2D eigenvalue weighted by Crippen LogP contribution is 2.33. The second-order valence-electron chi connectivity index (χ2n) is 8.89. The molecule has 0 aliphatic carbocycles. The maximum Gasteiger partial charge on any atom is 0.264 e. The minimum absolute atomic E-state index is 0.134. The summed E-state index contributed by atoms with van der Waals surface area (Å²) in [4.78, 5) is 16.6. The molecule has 7 nitrogen and oxygen atoms in total. The van der Waals surface area contributed by atoms with E-state index in [-0.39, 0.29) is 17.3 Å². The van der Waals surface area contributed by atoms with Crippen LogP contribution in [0.3, 0.4) is 0 Å². The summed E-state index contributed by atoms with van der Waals surface area (Å²) >= 11 is 1.54. The summed E-state index contributed by atoms with van der Waals surface area (Å²) in [6.45, 7) is 6.70. The second-order valence-corrected chi connectivity index (χ2v) is 11.6. The first kappa shape index (κ1) is 28.3. The molecule has 9 heteroatoms. The van der Waals surface area contributed by atoms with Crippen molar-refractivity contribution in [2.45, 2.75) is 61.8 Å². The first-order valence-electron chi connectivity index (χ1n) is 12.8. The van der Waals surface area contributed by atoms with Gasteiger partial charge in [-0.05, 0) is 81.8 Å². The Kier molecular flexibility index (Phi) is 10.9. The van der Waals surface area contributed by atoms with Crippen LogP contribution in [0, 0.1) is 0 Å². The molecule has 1 heterocycles. The molecule has 0 aromatic heterocycles. The number of hydrogen-bond donors (Lipinski definition) is 1. The van der Waals surface area contributed by atoms with Crippen molar-refractivity contribution in [2.75, 3.05) is 43.3 Å². The van der Waals surface area contributed by atoms with E-state index >= 15 is 0 Å². The van der Waals surface area contributed by atoms with Crippen LogP contribution < -0.4 is 14.4 Å². The van der Waals surface area contributed by atoms with Gasteiger partial charge in [0.2, 0.25) is 5.91 Å². The Morgan fingerprint density at radius 3 is 2.58 bits per heavy atom. The van der Waals surface area contributed by atoms with E-state index < -0.39 is 10.0 Å². The van der Waals surface area contributed by atoms with Gasteiger partial charge in [0.05, 0.1) is 17.2 Å². The standard InChI is InChI=1S/C27H39N3O4S2/c1-4-22-11-8-9-19-29(22)20-10-18-28-27(31)21-30(25-12-6-7-13-26(25)34-5-2)36(32,33)24-16-14-23(35-3)15-17-24/h6-7,12-17,22H,4-5,8-11,18-21H2,1-3H3,(H,28,31). The molecule has 1 N–H and O–H groups in total. The van der Waals surface area contributed by atoms with Crippen LogP contribution in [0.5, 0.6) is 5.75 Å². The molecule has 3 rings (SSSR count). The number of carbonyl (C=O) groups excluding carboxylic acids is 1. The van der Waals surface area contributed by atoms with Crippen molar-refractivity contribution in [3.05, 3.63) is 48.5 Å². The molecule has 0 spiro atoms. The van der Waals surface area contributed by atoms with Gasteiger partial charge in [-0.15, -0.1) is 11.8 Å². The van der Waals surface area contributed by atoms with Crippen molar-refractivity contribution >= 4 is 33.4 Å². The normalized spacial score (nSPS) is 16.5. The zero-order valence-corrected chi connectivity index (χ0v) is 23.2. The molecule has 1 aliphatic rings. The maximum atomic E-state index is 13.7. The van der Waals surface area contributed by atoms with Crippen molar-refractivity contribution in [1.29, 1.82) is 0 Å². The topological polar surface area (TPSA) is 79.0 Å². The average Bonchev–Trinajstić information content (AvgIpc) is 2.90. The minimum Gasteiger partial charge on any atom is -0.492 e. The number of amides is 1. The Morgan fingerprint density at radius 1 is 1.14 bits per heavy atom. The summed E-state index contributed by atoms with van der Waals surface area (Å²) < 4.78 is 34.3. The van der Waals surface area contributed by atoms with Gasteiger partial charge in [-0.25, -0.2) is 8.42 Å². The zero-order chi connectivity index (χ0) is 26.0. The number of likely N-dealkylation sites (tertiary alicyclic amines) is 1. The first-order valence-corrected chi connectivity index (χ1v) is 15.5. The molecule has 1 unspecified atom stereocenters. The van der Waals surface area contributed by atoms with Gasteiger partial charge in [0.15, 0.2) is 0 Å². The first-order chi connectivity index (χ1) is 17.4. The number of piperidine rings is 1. The van der Waals surface area contributed by atoms with E-state index in [9.17, 15) is 13.2 Å². The number of thioether (sulfide) groups is 1. The Hall–Kier alpha value is -2.23. The predicted octanol–water partition coefficient (Wildman–Crippen LogP) is 4.77. The number of carbonyl (C=O) groups is 1. The number of benzene rings is 2. The highest BCUT2D eigenvalue weighted by atomic mass is 32.2. The zero-order valence-electron chi connectivity index (χ0n) is 21.6. The lowest BCUT2D eigenvalue weighted by molar-refractivity contribution is -0.119. The third kappa shape index (κ3) is 7.40. The summed E-state index contributed by atoms with van der Waals surface area (Å²) in [6, 6.07) is 14.3. The van der Waals surface area contributed by atoms with Crippen molar-refractivity contribution < 1.29 is 17.9 Å². The van der Waals surface area contributed by atoms with Crippen molar-refractivity contribution in [3.63, 3.8) is 0 Å². The fourth-order valence-electron chi connectivity index (χ4n) is 4.63. The largest absolute Gasteiger partial charge is 0.492 e. The van der Waals surface area contributed by atoms with Crippen LogP contribution >= 0.6 is 11.8 Å². The van der Waals surface area contributed by atoms with Gasteiger partial charge >= 0.3 is 0 Å². The molecule has 1 atom stereocenters. The predicted molar refractivity (Wildman–Crippen MR) is 147 cm³/mol. The molecule has 1 aliphatic heterocycles. The molecule has 0 radical (unpaired) electrons. The molecule has 1 amide bonds. The van der Waals surface area contributed by atoms with E-state index in [2.05, 4.69) is 17.1 Å². The van der Waals surface area contributed by atoms with Gasteiger partial charge < -0.3 is 15.0 Å². The fourth-order valence-corrected chi connectivity index (χ4v) is 6.47. The van der Waals surface area contributed by atoms with E-state index in [1.54, 1.807) is 48.5 Å². The SMILES string of the molecule is CCOc1ccccc1N(CC(=O)NCCCN1CCCCC1CC)S(=O)(=O)c1ccc(SC)cc1. The summed E-state index contributed by atoms with van der Waals surface area (Å²) in [5.41, 5.74) is 0.350. The minimum atomic E-state index is -4.00. The Morgan fingerprint density at radius 2 is 1.89 bits per heavy atom. The van der Waals surface area contributed by atoms with Gasteiger partial charge in [0, 0.05) is 24.0 Å². The molecule has 36 heavy (non-hydrogen) atoms. The van der Waals surface area contributed by atoms with Crippen LogP contribution in [0.15, 0.2) is 58.3 Å². The number of anilines is 1. The quantitative estimate of drug-likeness (QED) is 0.295. The van der Waals surface area contributed by atoms with Crippen LogP contribution in [0.4, 0.5) is 5.69 Å². The van der Waals surface area contributed by atoms with E-state index in [1.165, 1.54) is 31.0 Å². The number of ether oxygens (including phenoxy) is 1. The third-order valence-electron chi connectivity index (χ3n) is 6.53. The van der Waals surface area contributed by atoms with Gasteiger partial charge in [-0.2, -0.15) is 0 Å². The summed E-state index contributed by atoms with van der Waals surface area (Å²) in [5, 5.41) is 2.93. The Balaban J connectivity index is 1.73. The number of para-hydroxylation sites is 2. The van der Waals surface area contributed by atoms with Crippen LogP contribution in [-0.2, 0) is 14.8 Å². The van der Waals surface area contributed by atoms with E-state index in [1.807, 2.05) is 13.2 Å². The van der Waals surface area contributed by atoms with Crippen molar-refractivity contribution in [3.8, 4) is 5.75 Å². The number of nitrogens with one attached hydrogen (secondary N) is 1. The third-order valence-corrected chi connectivity index (χ3v) is 9.05. The van der Waals surface area contributed by atoms with Gasteiger partial charge in [0.25, 0.3) is 10.0 Å². The average molecular weight is 534 g/mol. The van der Waals surface area contributed by atoms with Crippen LogP contribution in [0.1, 0.15) is 46.0 Å². The monoisotopic (exact) mass is 533 g/mol. The molecule has 1 fully saturated rings. The lowest BCUT2D eigenvalue weighted by Gasteiger charge is -2.35. The number of sulfonamides is 1. The fraction of sp³-hybridized carbons (Fsp3) is 0.519. The van der Waals surface area contributed by atoms with Crippen LogP contribution in [0.25, 0.3) is 0 Å². The van der Waals surface area contributed by atoms with Gasteiger partial charge in [0.1, 0.15) is 12.3 Å². The molecular weight excluding hydrogens is 494 g/mol. The van der Waals surface area contributed by atoms with Crippen LogP contribution in [-0.4, -0.2) is 64.3 Å². The molecule has 2 aromatic rings. The lowest BCUT2D eigenvalue weighted by Crippen LogP contribution is -2.43. The Bertz CT molecular complexity index is 1080. The number of hydrogen-bond acceptors (Lipinski definition) is 6. The maximum absolute atomic E-state index is 13.7. The molecule has 198 valence electrons. The summed E-state index contributed by atoms with van der Waals surface area (Å²) in [5.74, 6) is 0.0871. The number of nitrogens with zero attached hydrogens (tertiary/aromatic N) is 2. The molecular formula is C27H39N3O4S2. The van der Waals surface area contributed by atoms with Crippen molar-refractivity contribution in [1.82, 2.24) is 10.2 Å². The van der Waals surface area contributed by atoms with Gasteiger partial charge in [-0.3, -0.25) is 9.10 Å². The number of rotatable bonds is 13.